The van der Waals surface area contributed by atoms with Crippen molar-refractivity contribution in [2.45, 2.75) is 84.0 Å². The lowest BCUT2D eigenvalue weighted by atomic mass is 9.64. The van der Waals surface area contributed by atoms with Crippen molar-refractivity contribution in [2.75, 3.05) is 13.7 Å². The van der Waals surface area contributed by atoms with E-state index >= 15 is 0 Å². The van der Waals surface area contributed by atoms with Gasteiger partial charge in [-0.05, 0) is 79.5 Å². The van der Waals surface area contributed by atoms with Crippen molar-refractivity contribution in [3.05, 3.63) is 203 Å². The molecule has 0 spiro atoms. The molecule has 0 aliphatic carbocycles. The number of fused-ring (bicyclic) bond motifs is 3. The Hall–Kier alpha value is -5.81. The quantitative estimate of drug-likeness (QED) is 0.0931. The number of hydrogen-bond acceptors (Lipinski definition) is 1. The third-order valence-electron chi connectivity index (χ3n) is 13.8. The van der Waals surface area contributed by atoms with E-state index in [2.05, 4.69) is 232 Å². The van der Waals surface area contributed by atoms with Gasteiger partial charge >= 0.3 is 0 Å². The van der Waals surface area contributed by atoms with Gasteiger partial charge in [-0.15, -0.1) is 0 Å². The molecule has 3 aliphatic rings. The molecular weight excluding hydrogens is 741 g/mol. The van der Waals surface area contributed by atoms with E-state index in [1.54, 1.807) is 0 Å². The summed E-state index contributed by atoms with van der Waals surface area (Å²) >= 11 is 0. The SMILES string of the molecule is CC(C)(C)c1cc(C(c2ccccc2)(c2ccccc2)c2ccc3c4ccccc4n(-c4cc(C(C)(C)C)ccn4)c3c2)cc([N@@+]23[CH-][N@@+](C)(C2)c2cc(C(C)(C)C)ccc23)c1. The average Bonchev–Trinajstić information content (AvgIpc) is 3.79. The van der Waals surface area contributed by atoms with E-state index in [0.29, 0.717) is 0 Å². The topological polar surface area (TPSA) is 17.8 Å². The van der Waals surface area contributed by atoms with E-state index in [4.69, 9.17) is 4.98 Å². The number of quaternary nitrogens is 2. The average molecular weight is 800 g/mol. The summed E-state index contributed by atoms with van der Waals surface area (Å²) in [6.07, 6.45) is 1.97. The van der Waals surface area contributed by atoms with Crippen LogP contribution in [0, 0.1) is 6.67 Å². The van der Waals surface area contributed by atoms with Crippen LogP contribution >= 0.6 is 0 Å². The minimum atomic E-state index is -0.672. The van der Waals surface area contributed by atoms with Crippen molar-refractivity contribution in [1.29, 1.82) is 0 Å². The second-order valence-electron chi connectivity index (χ2n) is 21.1. The van der Waals surface area contributed by atoms with E-state index < -0.39 is 5.41 Å². The first kappa shape index (κ1) is 39.3. The smallest absolute Gasteiger partial charge is 0.181 e. The summed E-state index contributed by atoms with van der Waals surface area (Å²) in [6.45, 7) is 24.4. The zero-order valence-corrected chi connectivity index (χ0v) is 37.6. The molecule has 2 bridgehead atoms. The van der Waals surface area contributed by atoms with Gasteiger partial charge in [-0.1, -0.05) is 165 Å². The van der Waals surface area contributed by atoms with E-state index in [1.165, 1.54) is 66.8 Å². The molecule has 2 atom stereocenters. The number of rotatable bonds is 6. The van der Waals surface area contributed by atoms with Crippen LogP contribution in [0.25, 0.3) is 27.6 Å². The Balaban J connectivity index is 1.29. The van der Waals surface area contributed by atoms with E-state index in [0.717, 1.165) is 32.5 Å². The Morgan fingerprint density at radius 2 is 1.03 bits per heavy atom. The van der Waals surface area contributed by atoms with Crippen LogP contribution in [-0.4, -0.2) is 23.3 Å². The summed E-state index contributed by atoms with van der Waals surface area (Å²) in [5.74, 6) is 0.936. The number of aromatic nitrogens is 2. The maximum Gasteiger partial charge on any atom is 0.181 e. The number of hydrogen-bond donors (Lipinski definition) is 0. The monoisotopic (exact) mass is 799 g/mol. The van der Waals surface area contributed by atoms with E-state index in [-0.39, 0.29) is 16.2 Å². The van der Waals surface area contributed by atoms with Gasteiger partial charge in [-0.3, -0.25) is 9.05 Å². The fraction of sp³-hybridized carbons (Fsp3) is 0.263. The molecule has 11 rings (SSSR count). The van der Waals surface area contributed by atoms with Gasteiger partial charge in [0.15, 0.2) is 18.0 Å². The Kier molecular flexibility index (Phi) is 8.60. The number of nitrogens with zero attached hydrogens (tertiary/aromatic N) is 4. The molecule has 0 radical (unpaired) electrons. The number of pyridine rings is 1. The maximum absolute atomic E-state index is 5.07. The highest BCUT2D eigenvalue weighted by Gasteiger charge is 2.60. The van der Waals surface area contributed by atoms with Gasteiger partial charge in [0.2, 0.25) is 0 Å². The molecule has 3 aliphatic heterocycles. The van der Waals surface area contributed by atoms with Crippen molar-refractivity contribution >= 4 is 38.9 Å². The highest BCUT2D eigenvalue weighted by molar-refractivity contribution is 6.09. The van der Waals surface area contributed by atoms with Crippen LogP contribution in [0.3, 0.4) is 0 Å². The third kappa shape index (κ3) is 5.97. The second-order valence-corrected chi connectivity index (χ2v) is 21.1. The van der Waals surface area contributed by atoms with Crippen molar-refractivity contribution in [2.24, 2.45) is 0 Å². The lowest BCUT2D eigenvalue weighted by molar-refractivity contribution is 0.157. The molecule has 4 heteroatoms. The van der Waals surface area contributed by atoms with E-state index in [9.17, 15) is 0 Å². The minimum Gasteiger partial charge on any atom is -0.325 e. The summed E-state index contributed by atoms with van der Waals surface area (Å²) in [5.41, 5.74) is 14.6. The van der Waals surface area contributed by atoms with Gasteiger partial charge in [0.05, 0.1) is 30.2 Å². The van der Waals surface area contributed by atoms with Gasteiger partial charge in [-0.25, -0.2) is 4.98 Å². The second kappa shape index (κ2) is 13.3. The van der Waals surface area contributed by atoms with Gasteiger partial charge in [0.25, 0.3) is 0 Å². The molecule has 5 heterocycles. The van der Waals surface area contributed by atoms with Crippen molar-refractivity contribution in [3.63, 3.8) is 0 Å². The maximum atomic E-state index is 5.07. The van der Waals surface area contributed by atoms with Crippen LogP contribution in [0.15, 0.2) is 158 Å². The first-order valence-electron chi connectivity index (χ1n) is 22.0. The molecule has 1 fully saturated rings. The van der Waals surface area contributed by atoms with Gasteiger partial charge < -0.3 is 4.48 Å². The Morgan fingerprint density at radius 1 is 0.475 bits per heavy atom. The Labute approximate surface area is 362 Å². The molecule has 306 valence electrons. The van der Waals surface area contributed by atoms with Crippen molar-refractivity contribution in [3.8, 4) is 5.82 Å². The first-order chi connectivity index (χ1) is 28.9. The molecule has 4 nitrogen and oxygen atoms in total. The molecule has 0 unspecified atom stereocenters. The van der Waals surface area contributed by atoms with Gasteiger partial charge in [0, 0.05) is 41.2 Å². The standard InChI is InChI=1S/C57H59N4/c1-54(2,3)41-26-28-51-52(35-41)60(10)37-61(51,38-60)46-32-44(56(7,8)9)31-45(33-46)57(39-19-13-11-14-20-39,40-21-15-12-16-22-40)43-25-27-48-47-23-17-18-24-49(47)59(50(48)34-43)53-36-42(29-30-58-53)55(4,5)6/h11-37H,38H2,1-10H3/q+1/t60-,61+/m0/s1. The van der Waals surface area contributed by atoms with Gasteiger partial charge in [-0.2, -0.15) is 0 Å². The predicted octanol–water partition coefficient (Wildman–Crippen LogP) is 14.1. The summed E-state index contributed by atoms with van der Waals surface area (Å²) < 4.78 is 3.96. The summed E-state index contributed by atoms with van der Waals surface area (Å²) in [6, 6.07) is 57.7. The normalized spacial score (nSPS) is 19.0. The van der Waals surface area contributed by atoms with Crippen LogP contribution in [-0.2, 0) is 21.7 Å². The Bertz CT molecular complexity index is 2940. The zero-order chi connectivity index (χ0) is 42.7. The van der Waals surface area contributed by atoms with Crippen LogP contribution in [0.2, 0.25) is 0 Å². The molecule has 8 aromatic rings. The fourth-order valence-electron chi connectivity index (χ4n) is 10.5. The predicted molar refractivity (Wildman–Crippen MR) is 258 cm³/mol. The summed E-state index contributed by atoms with van der Waals surface area (Å²) in [4.78, 5) is 5.07. The molecule has 0 N–H and O–H groups in total. The van der Waals surface area contributed by atoms with Crippen LogP contribution < -0.4 is 8.97 Å². The van der Waals surface area contributed by atoms with E-state index in [1.807, 2.05) is 6.20 Å². The first-order valence-corrected chi connectivity index (χ1v) is 22.0. The van der Waals surface area contributed by atoms with Gasteiger partial charge in [0.1, 0.15) is 11.5 Å². The number of para-hydroxylation sites is 1. The molecule has 0 amide bonds. The minimum absolute atomic E-state index is 0.0198. The van der Waals surface area contributed by atoms with Crippen LogP contribution in [0.1, 0.15) is 101 Å². The summed E-state index contributed by atoms with van der Waals surface area (Å²) in [5, 5.41) is 2.44. The molecule has 0 saturated carbocycles. The molecule has 61 heavy (non-hydrogen) atoms. The molecule has 1 saturated heterocycles. The lowest BCUT2D eigenvalue weighted by Gasteiger charge is -2.55. The zero-order valence-electron chi connectivity index (χ0n) is 37.6. The highest BCUT2D eigenvalue weighted by Crippen LogP contribution is 2.62. The molecule has 6 aromatic carbocycles. The Morgan fingerprint density at radius 3 is 1.67 bits per heavy atom. The largest absolute Gasteiger partial charge is 0.325 e. The summed E-state index contributed by atoms with van der Waals surface area (Å²) in [7, 11) is 2.38. The van der Waals surface area contributed by atoms with Crippen LogP contribution in [0.4, 0.5) is 17.1 Å². The molecule has 2 aromatic heterocycles. The van der Waals surface area contributed by atoms with Crippen LogP contribution in [0.5, 0.6) is 0 Å². The molecular formula is C57H59N4+. The van der Waals surface area contributed by atoms with Crippen molar-refractivity contribution in [1.82, 2.24) is 18.5 Å². The number of benzene rings is 6. The highest BCUT2D eigenvalue weighted by atomic mass is 15.7. The third-order valence-corrected chi connectivity index (χ3v) is 13.8. The lowest BCUT2D eigenvalue weighted by Crippen LogP contribution is -2.68. The fourth-order valence-corrected chi connectivity index (χ4v) is 10.5. The van der Waals surface area contributed by atoms with Crippen molar-refractivity contribution < 1.29 is 0 Å².